The van der Waals surface area contributed by atoms with E-state index in [9.17, 15) is 9.59 Å². The number of amides is 2. The average molecular weight is 286 g/mol. The number of carbonyl (C=O) groups excluding carboxylic acids is 2. The molecule has 1 N–H and O–H groups in total. The molecular formula is C16H18N2O3. The Morgan fingerprint density at radius 3 is 2.24 bits per heavy atom. The van der Waals surface area contributed by atoms with Gasteiger partial charge in [-0.25, -0.2) is 5.01 Å². The van der Waals surface area contributed by atoms with E-state index in [4.69, 9.17) is 4.42 Å². The van der Waals surface area contributed by atoms with E-state index in [1.54, 1.807) is 30.3 Å². The smallest absolute Gasteiger partial charge is 0.276 e. The van der Waals surface area contributed by atoms with Crippen molar-refractivity contribution in [2.75, 3.05) is 0 Å². The van der Waals surface area contributed by atoms with Crippen molar-refractivity contribution < 1.29 is 14.0 Å². The van der Waals surface area contributed by atoms with Gasteiger partial charge in [-0.2, -0.15) is 0 Å². The number of benzene rings is 1. The molecule has 0 saturated heterocycles. The average Bonchev–Trinajstić information content (AvgIpc) is 2.97. The van der Waals surface area contributed by atoms with Crippen LogP contribution in [0.15, 0.2) is 53.3 Å². The fourth-order valence-electron chi connectivity index (χ4n) is 1.79. The van der Waals surface area contributed by atoms with E-state index in [1.807, 2.05) is 26.8 Å². The summed E-state index contributed by atoms with van der Waals surface area (Å²) in [4.78, 5) is 24.7. The number of hydrogen-bond acceptors (Lipinski definition) is 3. The third kappa shape index (κ3) is 3.51. The second-order valence-electron chi connectivity index (χ2n) is 5.63. The first kappa shape index (κ1) is 14.8. The molecule has 0 spiro atoms. The van der Waals surface area contributed by atoms with Gasteiger partial charge in [0, 0.05) is 5.56 Å². The Kier molecular flexibility index (Phi) is 4.12. The summed E-state index contributed by atoms with van der Waals surface area (Å²) >= 11 is 0. The van der Waals surface area contributed by atoms with Crippen LogP contribution in [0.4, 0.5) is 0 Å². The Hall–Kier alpha value is -2.56. The number of nitrogens with zero attached hydrogens (tertiary/aromatic N) is 1. The topological polar surface area (TPSA) is 62.6 Å². The van der Waals surface area contributed by atoms with Gasteiger partial charge < -0.3 is 4.42 Å². The van der Waals surface area contributed by atoms with Crippen LogP contribution in [-0.4, -0.2) is 22.4 Å². The number of furan rings is 1. The molecule has 5 nitrogen and oxygen atoms in total. The number of nitrogens with one attached hydrogen (secondary N) is 1. The van der Waals surface area contributed by atoms with Crippen molar-refractivity contribution in [3.63, 3.8) is 0 Å². The third-order valence-corrected chi connectivity index (χ3v) is 2.89. The fourth-order valence-corrected chi connectivity index (χ4v) is 1.79. The van der Waals surface area contributed by atoms with E-state index in [-0.39, 0.29) is 11.8 Å². The molecule has 2 rings (SSSR count). The Balaban J connectivity index is 2.22. The van der Waals surface area contributed by atoms with Crippen LogP contribution >= 0.6 is 0 Å². The molecule has 110 valence electrons. The van der Waals surface area contributed by atoms with Crippen LogP contribution in [0, 0.1) is 0 Å². The molecule has 0 radical (unpaired) electrons. The van der Waals surface area contributed by atoms with Crippen LogP contribution in [0.2, 0.25) is 0 Å². The monoisotopic (exact) mass is 286 g/mol. The van der Waals surface area contributed by atoms with E-state index >= 15 is 0 Å². The van der Waals surface area contributed by atoms with Crippen LogP contribution in [0.25, 0.3) is 0 Å². The summed E-state index contributed by atoms with van der Waals surface area (Å²) in [6.07, 6.45) is 2.78. The number of rotatable bonds is 2. The SMILES string of the molecule is CC(C)(C)N(NC(=O)c1ccccc1)C(=O)c1ccoc1. The lowest BCUT2D eigenvalue weighted by molar-refractivity contribution is 0.0358. The molecular weight excluding hydrogens is 268 g/mol. The minimum Gasteiger partial charge on any atom is -0.472 e. The highest BCUT2D eigenvalue weighted by molar-refractivity contribution is 5.99. The van der Waals surface area contributed by atoms with Crippen LogP contribution in [-0.2, 0) is 0 Å². The summed E-state index contributed by atoms with van der Waals surface area (Å²) in [5.74, 6) is -0.650. The molecule has 1 heterocycles. The number of hydrogen-bond donors (Lipinski definition) is 1. The lowest BCUT2D eigenvalue weighted by Crippen LogP contribution is -2.55. The van der Waals surface area contributed by atoms with E-state index in [1.165, 1.54) is 17.5 Å². The summed E-state index contributed by atoms with van der Waals surface area (Å²) in [6, 6.07) is 10.3. The molecule has 0 aliphatic heterocycles. The first-order valence-corrected chi connectivity index (χ1v) is 6.62. The zero-order valence-corrected chi connectivity index (χ0v) is 12.3. The van der Waals surface area contributed by atoms with Crippen molar-refractivity contribution in [1.82, 2.24) is 10.4 Å². The highest BCUT2D eigenvalue weighted by Gasteiger charge is 2.30. The van der Waals surface area contributed by atoms with E-state index in [2.05, 4.69) is 5.43 Å². The van der Waals surface area contributed by atoms with Gasteiger partial charge in [0.05, 0.1) is 17.4 Å². The second-order valence-corrected chi connectivity index (χ2v) is 5.63. The minimum absolute atomic E-state index is 0.319. The summed E-state index contributed by atoms with van der Waals surface area (Å²) in [6.45, 7) is 5.53. The normalized spacial score (nSPS) is 11.0. The molecule has 2 aromatic rings. The van der Waals surface area contributed by atoms with Crippen LogP contribution in [0.1, 0.15) is 41.5 Å². The van der Waals surface area contributed by atoms with Gasteiger partial charge in [0.25, 0.3) is 11.8 Å². The Morgan fingerprint density at radius 1 is 1.05 bits per heavy atom. The molecule has 0 saturated carbocycles. The molecule has 1 aromatic heterocycles. The highest BCUT2D eigenvalue weighted by Crippen LogP contribution is 2.16. The third-order valence-electron chi connectivity index (χ3n) is 2.89. The lowest BCUT2D eigenvalue weighted by Gasteiger charge is -2.35. The molecule has 21 heavy (non-hydrogen) atoms. The van der Waals surface area contributed by atoms with Gasteiger partial charge in [-0.3, -0.25) is 15.0 Å². The Bertz CT molecular complexity index is 613. The molecule has 0 unspecified atom stereocenters. The Morgan fingerprint density at radius 2 is 1.71 bits per heavy atom. The largest absolute Gasteiger partial charge is 0.472 e. The van der Waals surface area contributed by atoms with Gasteiger partial charge in [0.1, 0.15) is 6.26 Å². The quantitative estimate of drug-likeness (QED) is 0.863. The van der Waals surface area contributed by atoms with Crippen molar-refractivity contribution in [3.05, 3.63) is 60.1 Å². The molecule has 0 aliphatic rings. The van der Waals surface area contributed by atoms with Crippen molar-refractivity contribution in [1.29, 1.82) is 0 Å². The number of hydrazine groups is 1. The predicted molar refractivity (Wildman–Crippen MR) is 78.5 cm³/mol. The summed E-state index contributed by atoms with van der Waals surface area (Å²) in [7, 11) is 0. The molecule has 0 fully saturated rings. The maximum atomic E-state index is 12.5. The van der Waals surface area contributed by atoms with Gasteiger partial charge in [-0.15, -0.1) is 0 Å². The van der Waals surface area contributed by atoms with E-state index < -0.39 is 5.54 Å². The van der Waals surface area contributed by atoms with Crippen molar-refractivity contribution in [2.45, 2.75) is 26.3 Å². The lowest BCUT2D eigenvalue weighted by atomic mass is 10.1. The van der Waals surface area contributed by atoms with Gasteiger partial charge in [0.15, 0.2) is 0 Å². The van der Waals surface area contributed by atoms with Gasteiger partial charge in [-0.1, -0.05) is 18.2 Å². The van der Waals surface area contributed by atoms with E-state index in [0.717, 1.165) is 0 Å². The maximum Gasteiger partial charge on any atom is 0.276 e. The van der Waals surface area contributed by atoms with Crippen LogP contribution in [0.5, 0.6) is 0 Å². The van der Waals surface area contributed by atoms with Gasteiger partial charge >= 0.3 is 0 Å². The van der Waals surface area contributed by atoms with Crippen LogP contribution < -0.4 is 5.43 Å². The zero-order valence-electron chi connectivity index (χ0n) is 12.3. The zero-order chi connectivity index (χ0) is 15.5. The van der Waals surface area contributed by atoms with Crippen molar-refractivity contribution >= 4 is 11.8 Å². The molecule has 1 aromatic carbocycles. The maximum absolute atomic E-state index is 12.5. The first-order chi connectivity index (χ1) is 9.89. The fraction of sp³-hybridized carbons (Fsp3) is 0.250. The minimum atomic E-state index is -0.571. The first-order valence-electron chi connectivity index (χ1n) is 6.62. The van der Waals surface area contributed by atoms with E-state index in [0.29, 0.717) is 11.1 Å². The summed E-state index contributed by atoms with van der Waals surface area (Å²) in [5, 5.41) is 1.31. The summed E-state index contributed by atoms with van der Waals surface area (Å²) in [5.41, 5.74) is 2.97. The highest BCUT2D eigenvalue weighted by atomic mass is 16.3. The number of carbonyl (C=O) groups is 2. The van der Waals surface area contributed by atoms with Crippen molar-refractivity contribution in [3.8, 4) is 0 Å². The van der Waals surface area contributed by atoms with Crippen LogP contribution in [0.3, 0.4) is 0 Å². The summed E-state index contributed by atoms with van der Waals surface area (Å²) < 4.78 is 4.93. The standard InChI is InChI=1S/C16H18N2O3/c1-16(2,3)18(15(20)13-9-10-21-11-13)17-14(19)12-7-5-4-6-8-12/h4-11H,1-3H3,(H,17,19). The second kappa shape index (κ2) is 5.83. The Labute approximate surface area is 123 Å². The van der Waals surface area contributed by atoms with Crippen molar-refractivity contribution in [2.24, 2.45) is 0 Å². The predicted octanol–water partition coefficient (Wildman–Crippen LogP) is 2.87. The molecule has 0 bridgehead atoms. The molecule has 5 heteroatoms. The molecule has 0 aliphatic carbocycles. The van der Waals surface area contributed by atoms with Gasteiger partial charge in [0.2, 0.25) is 0 Å². The van der Waals surface area contributed by atoms with Gasteiger partial charge in [-0.05, 0) is 39.0 Å². The molecule has 0 atom stereocenters. The molecule has 2 amide bonds.